The lowest BCUT2D eigenvalue weighted by molar-refractivity contribution is 0.0947. The van der Waals surface area contributed by atoms with Gasteiger partial charge in [0.25, 0.3) is 5.91 Å². The lowest BCUT2D eigenvalue weighted by atomic mass is 10.2. The number of nitrogens with one attached hydrogen (secondary N) is 1. The first kappa shape index (κ1) is 17.0. The molecule has 8 heteroatoms. The molecule has 3 heterocycles. The van der Waals surface area contributed by atoms with E-state index in [9.17, 15) is 4.79 Å². The van der Waals surface area contributed by atoms with Crippen molar-refractivity contribution < 1.29 is 13.9 Å². The molecule has 1 aromatic carbocycles. The Labute approximate surface area is 159 Å². The van der Waals surface area contributed by atoms with Crippen molar-refractivity contribution in [3.8, 4) is 17.3 Å². The summed E-state index contributed by atoms with van der Waals surface area (Å²) in [5.74, 6) is 1.46. The Hall–Kier alpha value is -3.39. The van der Waals surface area contributed by atoms with Gasteiger partial charge in [0.2, 0.25) is 11.8 Å². The average molecular weight is 380 g/mol. The van der Waals surface area contributed by atoms with Crippen LogP contribution < -0.4 is 10.1 Å². The Kier molecular flexibility index (Phi) is 4.71. The van der Waals surface area contributed by atoms with Crippen LogP contribution in [0.2, 0.25) is 0 Å². The van der Waals surface area contributed by atoms with E-state index in [0.717, 1.165) is 4.88 Å². The molecule has 4 rings (SSSR count). The highest BCUT2D eigenvalue weighted by Crippen LogP contribution is 2.21. The SMILES string of the molecule is COc1cccc(C(=O)n2nc(-c3ccco3)nc2NCc2cccs2)c1. The van der Waals surface area contributed by atoms with Crippen LogP contribution in [-0.2, 0) is 6.54 Å². The number of hydrogen-bond donors (Lipinski definition) is 1. The van der Waals surface area contributed by atoms with E-state index >= 15 is 0 Å². The molecule has 7 nitrogen and oxygen atoms in total. The standard InChI is InChI=1S/C19H16N4O3S/c1-25-14-6-2-5-13(11-14)18(24)23-19(20-12-15-7-4-10-27-15)21-17(22-23)16-8-3-9-26-16/h2-11H,12H2,1H3,(H,20,21,22). The summed E-state index contributed by atoms with van der Waals surface area (Å²) in [7, 11) is 1.56. The van der Waals surface area contributed by atoms with Gasteiger partial charge in [-0.1, -0.05) is 12.1 Å². The first-order chi connectivity index (χ1) is 13.2. The van der Waals surface area contributed by atoms with E-state index in [1.54, 1.807) is 61.1 Å². The van der Waals surface area contributed by atoms with E-state index in [-0.39, 0.29) is 5.91 Å². The normalized spacial score (nSPS) is 10.7. The number of methoxy groups -OCH3 is 1. The topological polar surface area (TPSA) is 82.2 Å². The minimum Gasteiger partial charge on any atom is -0.497 e. The largest absolute Gasteiger partial charge is 0.497 e. The van der Waals surface area contributed by atoms with Crippen molar-refractivity contribution in [3.63, 3.8) is 0 Å². The van der Waals surface area contributed by atoms with Crippen LogP contribution in [0.4, 0.5) is 5.95 Å². The number of anilines is 1. The molecule has 0 bridgehead atoms. The van der Waals surface area contributed by atoms with Crippen molar-refractivity contribution in [1.82, 2.24) is 14.8 Å². The van der Waals surface area contributed by atoms with Crippen molar-refractivity contribution in [1.29, 1.82) is 0 Å². The maximum absolute atomic E-state index is 13.0. The summed E-state index contributed by atoms with van der Waals surface area (Å²) in [5, 5.41) is 9.53. The summed E-state index contributed by atoms with van der Waals surface area (Å²) in [4.78, 5) is 18.6. The molecule has 0 aliphatic rings. The van der Waals surface area contributed by atoms with Crippen molar-refractivity contribution in [2.75, 3.05) is 12.4 Å². The third-order valence-corrected chi connectivity index (χ3v) is 4.73. The number of furan rings is 1. The number of benzene rings is 1. The second kappa shape index (κ2) is 7.46. The van der Waals surface area contributed by atoms with Crippen molar-refractivity contribution in [2.24, 2.45) is 0 Å². The average Bonchev–Trinajstić information content (AvgIpc) is 3.47. The molecule has 0 saturated carbocycles. The van der Waals surface area contributed by atoms with Crippen LogP contribution in [0.25, 0.3) is 11.6 Å². The lowest BCUT2D eigenvalue weighted by Crippen LogP contribution is -2.17. The number of thiophene rings is 1. The summed E-state index contributed by atoms with van der Waals surface area (Å²) < 4.78 is 11.8. The number of rotatable bonds is 6. The molecule has 0 amide bonds. The molecule has 136 valence electrons. The van der Waals surface area contributed by atoms with E-state index in [2.05, 4.69) is 15.4 Å². The summed E-state index contributed by atoms with van der Waals surface area (Å²) >= 11 is 1.62. The highest BCUT2D eigenvalue weighted by molar-refractivity contribution is 7.09. The first-order valence-corrected chi connectivity index (χ1v) is 9.08. The van der Waals surface area contributed by atoms with E-state index in [1.807, 2.05) is 17.5 Å². The number of aromatic nitrogens is 3. The van der Waals surface area contributed by atoms with Gasteiger partial charge in [-0.15, -0.1) is 16.4 Å². The Morgan fingerprint density at radius 2 is 2.19 bits per heavy atom. The van der Waals surface area contributed by atoms with E-state index in [4.69, 9.17) is 9.15 Å². The Balaban J connectivity index is 1.69. The number of ether oxygens (including phenoxy) is 1. The molecule has 27 heavy (non-hydrogen) atoms. The highest BCUT2D eigenvalue weighted by atomic mass is 32.1. The zero-order valence-electron chi connectivity index (χ0n) is 14.5. The molecule has 0 spiro atoms. The molecule has 0 atom stereocenters. The molecule has 0 fully saturated rings. The highest BCUT2D eigenvalue weighted by Gasteiger charge is 2.20. The fraction of sp³-hybridized carbons (Fsp3) is 0.105. The Morgan fingerprint density at radius 3 is 2.93 bits per heavy atom. The molecule has 0 aliphatic carbocycles. The van der Waals surface area contributed by atoms with E-state index in [0.29, 0.717) is 35.4 Å². The number of hydrogen-bond acceptors (Lipinski definition) is 7. The first-order valence-electron chi connectivity index (χ1n) is 8.20. The van der Waals surface area contributed by atoms with Gasteiger partial charge in [0.15, 0.2) is 5.76 Å². The van der Waals surface area contributed by atoms with Gasteiger partial charge in [-0.3, -0.25) is 4.79 Å². The molecular weight excluding hydrogens is 364 g/mol. The van der Waals surface area contributed by atoms with Crippen LogP contribution in [-0.4, -0.2) is 27.8 Å². The summed E-state index contributed by atoms with van der Waals surface area (Å²) in [6, 6.07) is 14.4. The fourth-order valence-electron chi connectivity index (χ4n) is 2.54. The summed E-state index contributed by atoms with van der Waals surface area (Å²) in [5.41, 5.74) is 0.449. The number of carbonyl (C=O) groups is 1. The Morgan fingerprint density at radius 1 is 1.26 bits per heavy atom. The molecule has 3 aromatic heterocycles. The van der Waals surface area contributed by atoms with Crippen molar-refractivity contribution in [3.05, 3.63) is 70.6 Å². The summed E-state index contributed by atoms with van der Waals surface area (Å²) in [6.07, 6.45) is 1.54. The molecule has 0 radical (unpaired) electrons. The minimum absolute atomic E-state index is 0.312. The van der Waals surface area contributed by atoms with Gasteiger partial charge < -0.3 is 14.5 Å². The van der Waals surface area contributed by atoms with Crippen LogP contribution >= 0.6 is 11.3 Å². The molecule has 4 aromatic rings. The third kappa shape index (κ3) is 3.61. The fourth-order valence-corrected chi connectivity index (χ4v) is 3.18. The van der Waals surface area contributed by atoms with Gasteiger partial charge >= 0.3 is 0 Å². The number of nitrogens with zero attached hydrogens (tertiary/aromatic N) is 3. The summed E-state index contributed by atoms with van der Waals surface area (Å²) in [6.45, 7) is 0.541. The van der Waals surface area contributed by atoms with E-state index < -0.39 is 0 Å². The third-order valence-electron chi connectivity index (χ3n) is 3.86. The van der Waals surface area contributed by atoms with Gasteiger partial charge in [0.05, 0.1) is 19.9 Å². The maximum atomic E-state index is 13.0. The van der Waals surface area contributed by atoms with Gasteiger partial charge in [0.1, 0.15) is 5.75 Å². The molecule has 0 saturated heterocycles. The second-order valence-electron chi connectivity index (χ2n) is 5.62. The smallest absolute Gasteiger partial charge is 0.281 e. The van der Waals surface area contributed by atoms with Gasteiger partial charge in [0, 0.05) is 10.4 Å². The minimum atomic E-state index is -0.312. The van der Waals surface area contributed by atoms with E-state index in [1.165, 1.54) is 4.68 Å². The predicted molar refractivity (Wildman–Crippen MR) is 102 cm³/mol. The molecule has 0 unspecified atom stereocenters. The van der Waals surface area contributed by atoms with Gasteiger partial charge in [-0.25, -0.2) is 0 Å². The van der Waals surface area contributed by atoms with Crippen LogP contribution in [0.1, 0.15) is 15.2 Å². The quantitative estimate of drug-likeness (QED) is 0.546. The lowest BCUT2D eigenvalue weighted by Gasteiger charge is -2.07. The van der Waals surface area contributed by atoms with Crippen molar-refractivity contribution >= 4 is 23.2 Å². The van der Waals surface area contributed by atoms with Gasteiger partial charge in [-0.2, -0.15) is 9.67 Å². The van der Waals surface area contributed by atoms with Crippen LogP contribution in [0.5, 0.6) is 5.75 Å². The maximum Gasteiger partial charge on any atom is 0.281 e. The second-order valence-corrected chi connectivity index (χ2v) is 6.65. The molecule has 1 N–H and O–H groups in total. The van der Waals surface area contributed by atoms with Crippen LogP contribution in [0.3, 0.4) is 0 Å². The monoisotopic (exact) mass is 380 g/mol. The zero-order valence-corrected chi connectivity index (χ0v) is 15.3. The zero-order chi connectivity index (χ0) is 18.6. The predicted octanol–water partition coefficient (Wildman–Crippen LogP) is 3.91. The number of carbonyl (C=O) groups excluding carboxylic acids is 1. The van der Waals surface area contributed by atoms with Gasteiger partial charge in [-0.05, 0) is 41.8 Å². The van der Waals surface area contributed by atoms with Crippen LogP contribution in [0, 0.1) is 0 Å². The molecular formula is C19H16N4O3S. The van der Waals surface area contributed by atoms with Crippen molar-refractivity contribution in [2.45, 2.75) is 6.54 Å². The molecule has 0 aliphatic heterocycles. The Bertz CT molecular complexity index is 1040. The van der Waals surface area contributed by atoms with Crippen LogP contribution in [0.15, 0.2) is 64.6 Å².